The van der Waals surface area contributed by atoms with Crippen molar-refractivity contribution in [2.24, 2.45) is 5.41 Å². The van der Waals surface area contributed by atoms with Crippen molar-refractivity contribution in [2.75, 3.05) is 35.0 Å². The van der Waals surface area contributed by atoms with E-state index in [1.807, 2.05) is 45.9 Å². The molecule has 0 bridgehead atoms. The Hall–Kier alpha value is -2.08. The minimum Gasteiger partial charge on any atom is -0.493 e. The molecule has 0 saturated carbocycles. The summed E-state index contributed by atoms with van der Waals surface area (Å²) in [6.07, 6.45) is 1.98. The second kappa shape index (κ2) is 13.7. The molecular formula is C31H48O8S2Si. The molecule has 8 nitrogen and oxygen atoms in total. The zero-order valence-corrected chi connectivity index (χ0v) is 30.6. The Bertz CT molecular complexity index is 1310. The number of hydrogen-bond donors (Lipinski definition) is 0. The van der Waals surface area contributed by atoms with Gasteiger partial charge in [0.2, 0.25) is 5.75 Å². The van der Waals surface area contributed by atoms with Crippen molar-refractivity contribution >= 4 is 32.1 Å². The van der Waals surface area contributed by atoms with Crippen molar-refractivity contribution in [2.45, 2.75) is 87.1 Å². The number of sulfone groups is 1. The molecule has 1 saturated heterocycles. The minimum atomic E-state index is -3.93. The zero-order valence-electron chi connectivity index (χ0n) is 27.0. The molecule has 0 amide bonds. The number of rotatable bonds is 13. The molecule has 1 aliphatic rings. The van der Waals surface area contributed by atoms with Crippen LogP contribution in [0.15, 0.2) is 29.2 Å². The van der Waals surface area contributed by atoms with Gasteiger partial charge in [-0.15, -0.1) is 11.8 Å². The fraction of sp³-hybridized carbons (Fsp3) is 0.613. The first kappa shape index (κ1) is 34.4. The first-order valence-electron chi connectivity index (χ1n) is 14.3. The lowest BCUT2D eigenvalue weighted by molar-refractivity contribution is 0.0661. The monoisotopic (exact) mass is 640 g/mol. The highest BCUT2D eigenvalue weighted by Gasteiger charge is 2.49. The molecule has 1 fully saturated rings. The van der Waals surface area contributed by atoms with Gasteiger partial charge in [-0.05, 0) is 73.9 Å². The van der Waals surface area contributed by atoms with Crippen LogP contribution in [-0.2, 0) is 14.3 Å². The van der Waals surface area contributed by atoms with E-state index in [4.69, 9.17) is 28.1 Å². The smallest absolute Gasteiger partial charge is 0.203 e. The molecule has 1 unspecified atom stereocenters. The zero-order chi connectivity index (χ0) is 31.5. The van der Waals surface area contributed by atoms with E-state index in [2.05, 4.69) is 0 Å². The molecule has 236 valence electrons. The summed E-state index contributed by atoms with van der Waals surface area (Å²) in [6, 6.07) is 7.70. The third kappa shape index (κ3) is 6.69. The van der Waals surface area contributed by atoms with E-state index >= 15 is 0 Å². The lowest BCUT2D eigenvalue weighted by Crippen LogP contribution is -2.51. The Kier molecular flexibility index (Phi) is 11.2. The topological polar surface area (TPSA) is 89.5 Å². The quantitative estimate of drug-likeness (QED) is 0.242. The Balaban J connectivity index is 2.11. The summed E-state index contributed by atoms with van der Waals surface area (Å²) in [6.45, 7) is 11.9. The van der Waals surface area contributed by atoms with Gasteiger partial charge in [-0.1, -0.05) is 27.7 Å². The van der Waals surface area contributed by atoms with E-state index in [1.54, 1.807) is 60.1 Å². The average Bonchev–Trinajstić information content (AvgIpc) is 3.44. The van der Waals surface area contributed by atoms with E-state index in [1.165, 1.54) is 0 Å². The summed E-state index contributed by atoms with van der Waals surface area (Å²) in [4.78, 5) is 0.153. The largest absolute Gasteiger partial charge is 0.493 e. The molecule has 0 radical (unpaired) electrons. The van der Waals surface area contributed by atoms with Crippen LogP contribution in [0.1, 0.15) is 82.4 Å². The van der Waals surface area contributed by atoms with Gasteiger partial charge in [0.1, 0.15) is 15.4 Å². The van der Waals surface area contributed by atoms with Crippen LogP contribution in [0.25, 0.3) is 0 Å². The van der Waals surface area contributed by atoms with Crippen molar-refractivity contribution < 1.29 is 36.5 Å². The van der Waals surface area contributed by atoms with Crippen LogP contribution in [0.3, 0.4) is 0 Å². The molecule has 3 rings (SSSR count). The summed E-state index contributed by atoms with van der Waals surface area (Å²) in [5, 5.41) is 0.208. The fourth-order valence-corrected chi connectivity index (χ4v) is 11.0. The Morgan fingerprint density at radius 2 is 1.31 bits per heavy atom. The van der Waals surface area contributed by atoms with E-state index in [0.717, 1.165) is 30.4 Å². The molecule has 0 spiro atoms. The van der Waals surface area contributed by atoms with Crippen molar-refractivity contribution in [3.63, 3.8) is 0 Å². The maximum absolute atomic E-state index is 14.6. The van der Waals surface area contributed by atoms with Gasteiger partial charge < -0.3 is 28.1 Å². The summed E-state index contributed by atoms with van der Waals surface area (Å²) in [5.41, 5.74) is 1.57. The molecule has 42 heavy (non-hydrogen) atoms. The minimum absolute atomic E-state index is 0.0496. The summed E-state index contributed by atoms with van der Waals surface area (Å²) >= 11 is 1.79. The Morgan fingerprint density at radius 1 is 0.833 bits per heavy atom. The summed E-state index contributed by atoms with van der Waals surface area (Å²) < 4.78 is 62.4. The fourth-order valence-electron chi connectivity index (χ4n) is 6.00. The van der Waals surface area contributed by atoms with E-state index in [-0.39, 0.29) is 26.6 Å². The van der Waals surface area contributed by atoms with Gasteiger partial charge in [-0.3, -0.25) is 0 Å². The second-order valence-corrected chi connectivity index (χ2v) is 16.5. The van der Waals surface area contributed by atoms with Crippen LogP contribution >= 0.6 is 11.8 Å². The molecule has 1 aliphatic heterocycles. The van der Waals surface area contributed by atoms with Crippen molar-refractivity contribution in [1.29, 1.82) is 0 Å². The second-order valence-electron chi connectivity index (χ2n) is 12.1. The lowest BCUT2D eigenvalue weighted by Gasteiger charge is -2.41. The molecule has 0 N–H and O–H groups in total. The van der Waals surface area contributed by atoms with Crippen LogP contribution in [-0.4, -0.2) is 64.8 Å². The highest BCUT2D eigenvalue weighted by atomic mass is 32.2. The molecule has 3 atom stereocenters. The van der Waals surface area contributed by atoms with Crippen molar-refractivity contribution in [1.82, 2.24) is 0 Å². The first-order valence-corrected chi connectivity index (χ1v) is 17.5. The van der Waals surface area contributed by atoms with Gasteiger partial charge in [0.15, 0.2) is 32.8 Å². The number of methoxy groups -OCH3 is 4. The molecule has 11 heteroatoms. The molecule has 1 heterocycles. The Labute approximate surface area is 259 Å². The van der Waals surface area contributed by atoms with Gasteiger partial charge >= 0.3 is 0 Å². The predicted molar refractivity (Wildman–Crippen MR) is 173 cm³/mol. The number of thioether (sulfide) groups is 1. The van der Waals surface area contributed by atoms with Gasteiger partial charge in [0, 0.05) is 10.5 Å². The SMILES string of the molecule is CCCOc1c(OC)cc([C@H]2CC[C@H](c3cc(OC)c(OC)c(OC)c3)S2)cc1S(=O)(=O)C(C)(C)C(O[SiH3])C(C)(C)C. The maximum Gasteiger partial charge on any atom is 0.203 e. The molecule has 0 aliphatic carbocycles. The molecule has 0 aromatic heterocycles. The lowest BCUT2D eigenvalue weighted by atomic mass is 9.82. The predicted octanol–water partition coefficient (Wildman–Crippen LogP) is 6.08. The van der Waals surface area contributed by atoms with Crippen molar-refractivity contribution in [3.8, 4) is 28.7 Å². The van der Waals surface area contributed by atoms with Crippen LogP contribution in [0.2, 0.25) is 0 Å². The third-order valence-electron chi connectivity index (χ3n) is 7.80. The van der Waals surface area contributed by atoms with Gasteiger partial charge in [0.05, 0.1) is 45.9 Å². The van der Waals surface area contributed by atoms with E-state index < -0.39 is 20.7 Å². The van der Waals surface area contributed by atoms with Gasteiger partial charge in [0.25, 0.3) is 0 Å². The number of benzene rings is 2. The Morgan fingerprint density at radius 3 is 1.71 bits per heavy atom. The van der Waals surface area contributed by atoms with E-state index in [9.17, 15) is 8.42 Å². The standard InChI is InChI=1S/C31H48O8S2Si/c1-11-14-38-28-23(36-9)17-20(18-26(28)41(32,33)31(5,6)29(39-42)30(2,3)4)25-13-12-24(40-25)19-15-21(34-7)27(37-10)22(16-19)35-8/h15-18,24-25,29H,11-14H2,1-10,42H3/t24-,25-,29?/m1/s1. The normalized spacial score (nSPS) is 18.5. The van der Waals surface area contributed by atoms with Crippen LogP contribution in [0.4, 0.5) is 0 Å². The highest BCUT2D eigenvalue weighted by Crippen LogP contribution is 2.56. The number of hydrogen-bond acceptors (Lipinski definition) is 9. The van der Waals surface area contributed by atoms with Crippen LogP contribution in [0.5, 0.6) is 28.7 Å². The highest BCUT2D eigenvalue weighted by molar-refractivity contribution is 8.00. The van der Waals surface area contributed by atoms with Crippen LogP contribution in [0, 0.1) is 5.41 Å². The average molecular weight is 641 g/mol. The summed E-state index contributed by atoms with van der Waals surface area (Å²) in [5.74, 6) is 2.47. The third-order valence-corrected chi connectivity index (χ3v) is 12.4. The van der Waals surface area contributed by atoms with E-state index in [0.29, 0.717) is 40.1 Å². The number of ether oxygens (including phenoxy) is 5. The van der Waals surface area contributed by atoms with Gasteiger partial charge in [-0.25, -0.2) is 8.42 Å². The van der Waals surface area contributed by atoms with Crippen molar-refractivity contribution in [3.05, 3.63) is 35.4 Å². The van der Waals surface area contributed by atoms with Gasteiger partial charge in [-0.2, -0.15) is 0 Å². The molecular weight excluding hydrogens is 593 g/mol. The summed E-state index contributed by atoms with van der Waals surface area (Å²) in [7, 11) is 2.85. The molecule has 2 aromatic rings. The van der Waals surface area contributed by atoms with Crippen LogP contribution < -0.4 is 23.7 Å². The molecule has 2 aromatic carbocycles. The maximum atomic E-state index is 14.6. The first-order chi connectivity index (χ1) is 19.7.